The van der Waals surface area contributed by atoms with Crippen molar-refractivity contribution in [2.24, 2.45) is 0 Å². The third-order valence-corrected chi connectivity index (χ3v) is 5.20. The number of benzene rings is 1. The monoisotopic (exact) mass is 460 g/mol. The molecule has 0 amide bonds. The number of nitrogens with zero attached hydrogens (tertiary/aromatic N) is 4. The van der Waals surface area contributed by atoms with Crippen molar-refractivity contribution in [2.75, 3.05) is 39.3 Å². The van der Waals surface area contributed by atoms with Crippen LogP contribution in [0.3, 0.4) is 0 Å². The molecular weight excluding hydrogens is 428 g/mol. The minimum Gasteiger partial charge on any atom is -0.302 e. The summed E-state index contributed by atoms with van der Waals surface area (Å²) in [6.07, 6.45) is 0. The molecule has 31 heavy (non-hydrogen) atoms. The molecule has 0 atom stereocenters. The first-order chi connectivity index (χ1) is 14.6. The molecule has 10 nitrogen and oxygen atoms in total. The van der Waals surface area contributed by atoms with Crippen LogP contribution in [0.2, 0.25) is 0 Å². The van der Waals surface area contributed by atoms with Gasteiger partial charge in [-0.15, -0.1) is 0 Å². The Morgan fingerprint density at radius 3 is 1.71 bits per heavy atom. The fraction of sp³-hybridized carbons (Fsp3) is 0.600. The molecule has 0 saturated heterocycles. The summed E-state index contributed by atoms with van der Waals surface area (Å²) < 4.78 is 35.9. The molecule has 0 unspecified atom stereocenters. The number of rotatable bonds is 10. The van der Waals surface area contributed by atoms with E-state index in [1.54, 1.807) is 4.57 Å². The SMILES string of the molecule is CCN(CC)CCn1c(=O)c2ccccc2n(CCN(CC)CC)c1=O.[O-][Cl+3]([O-])([O-])O. The van der Waals surface area contributed by atoms with E-state index in [0.717, 1.165) is 38.2 Å². The second-order valence-electron chi connectivity index (χ2n) is 6.86. The molecule has 0 aliphatic carbocycles. The van der Waals surface area contributed by atoms with Crippen LogP contribution in [-0.4, -0.2) is 62.9 Å². The standard InChI is InChI=1S/C20H32N4O2.ClHO4/c1-5-21(6-2)13-15-23-18-12-10-9-11-17(18)19(25)24(20(23)26)16-14-22(7-3)8-4;2-1(3,4)5/h9-12H,5-8,13-16H2,1-4H3;(H,2,3,4,5). The maximum atomic E-state index is 13.1. The van der Waals surface area contributed by atoms with E-state index >= 15 is 0 Å². The van der Waals surface area contributed by atoms with Crippen molar-refractivity contribution in [2.45, 2.75) is 40.8 Å². The van der Waals surface area contributed by atoms with Gasteiger partial charge in [0.05, 0.1) is 25.8 Å². The minimum absolute atomic E-state index is 0.183. The zero-order valence-corrected chi connectivity index (χ0v) is 19.4. The Morgan fingerprint density at radius 2 is 1.26 bits per heavy atom. The molecule has 0 bridgehead atoms. The quantitative estimate of drug-likeness (QED) is 0.418. The normalized spacial score (nSPS) is 11.8. The lowest BCUT2D eigenvalue weighted by molar-refractivity contribution is -1.92. The van der Waals surface area contributed by atoms with Crippen molar-refractivity contribution in [3.05, 3.63) is 45.1 Å². The molecule has 0 aliphatic rings. The highest BCUT2D eigenvalue weighted by molar-refractivity contribution is 5.77. The first-order valence-corrected chi connectivity index (χ1v) is 11.6. The largest absolute Gasteiger partial charge is 0.331 e. The van der Waals surface area contributed by atoms with Crippen molar-refractivity contribution in [1.82, 2.24) is 18.9 Å². The first-order valence-electron chi connectivity index (χ1n) is 10.4. The lowest BCUT2D eigenvalue weighted by atomic mass is 10.2. The van der Waals surface area contributed by atoms with E-state index in [9.17, 15) is 9.59 Å². The van der Waals surface area contributed by atoms with Crippen LogP contribution in [0.25, 0.3) is 10.9 Å². The highest BCUT2D eigenvalue weighted by Crippen LogP contribution is 2.08. The van der Waals surface area contributed by atoms with E-state index < -0.39 is 10.2 Å². The molecule has 1 N–H and O–H groups in total. The molecule has 0 fully saturated rings. The number of para-hydroxylation sites is 1. The highest BCUT2D eigenvalue weighted by Gasteiger charge is 2.14. The lowest BCUT2D eigenvalue weighted by Crippen LogP contribution is -2.58. The molecule has 0 aliphatic heterocycles. The van der Waals surface area contributed by atoms with E-state index in [1.807, 2.05) is 24.3 Å². The average Bonchev–Trinajstić information content (AvgIpc) is 2.72. The Kier molecular flexibility index (Phi) is 11.4. The van der Waals surface area contributed by atoms with Crippen molar-refractivity contribution in [3.8, 4) is 0 Å². The van der Waals surface area contributed by atoms with E-state index in [2.05, 4.69) is 37.5 Å². The van der Waals surface area contributed by atoms with E-state index in [4.69, 9.17) is 18.6 Å². The van der Waals surface area contributed by atoms with Crippen molar-refractivity contribution < 1.29 is 28.9 Å². The average molecular weight is 461 g/mol. The van der Waals surface area contributed by atoms with Crippen molar-refractivity contribution in [3.63, 3.8) is 0 Å². The number of aromatic nitrogens is 2. The van der Waals surface area contributed by atoms with Crippen LogP contribution < -0.4 is 25.2 Å². The van der Waals surface area contributed by atoms with Crippen LogP contribution in [-0.2, 0) is 13.1 Å². The van der Waals surface area contributed by atoms with Crippen LogP contribution in [0.1, 0.15) is 27.7 Å². The number of likely N-dealkylation sites (N-methyl/N-ethyl adjacent to an activating group) is 2. The van der Waals surface area contributed by atoms with Gasteiger partial charge in [0.15, 0.2) is 0 Å². The predicted molar refractivity (Wildman–Crippen MR) is 110 cm³/mol. The number of hydrogen-bond acceptors (Lipinski definition) is 8. The van der Waals surface area contributed by atoms with Gasteiger partial charge >= 0.3 is 5.69 Å². The van der Waals surface area contributed by atoms with Gasteiger partial charge in [-0.2, -0.15) is 14.0 Å². The van der Waals surface area contributed by atoms with Gasteiger partial charge in [0.1, 0.15) is 0 Å². The molecule has 1 heterocycles. The summed E-state index contributed by atoms with van der Waals surface area (Å²) in [4.78, 5) is 30.4. The molecule has 0 spiro atoms. The molecule has 0 saturated carbocycles. The zero-order valence-electron chi connectivity index (χ0n) is 18.6. The van der Waals surface area contributed by atoms with E-state index in [1.165, 1.54) is 4.57 Å². The number of hydrogen-bond donors (Lipinski definition) is 1. The Hall–Kier alpha value is -1.79. The van der Waals surface area contributed by atoms with E-state index in [-0.39, 0.29) is 11.2 Å². The smallest absolute Gasteiger partial charge is 0.302 e. The molecule has 0 radical (unpaired) electrons. The van der Waals surface area contributed by atoms with Gasteiger partial charge in [0, 0.05) is 26.2 Å². The predicted octanol–water partition coefficient (Wildman–Crippen LogP) is -2.28. The lowest BCUT2D eigenvalue weighted by Gasteiger charge is -2.21. The molecule has 11 heteroatoms. The van der Waals surface area contributed by atoms with Gasteiger partial charge in [-0.05, 0) is 38.3 Å². The summed E-state index contributed by atoms with van der Waals surface area (Å²) in [6.45, 7) is 14.7. The van der Waals surface area contributed by atoms with Crippen LogP contribution in [0.4, 0.5) is 0 Å². The van der Waals surface area contributed by atoms with Gasteiger partial charge in [-0.25, -0.2) is 4.79 Å². The van der Waals surface area contributed by atoms with Crippen molar-refractivity contribution >= 4 is 10.9 Å². The van der Waals surface area contributed by atoms with Gasteiger partial charge in [-0.3, -0.25) is 13.9 Å². The number of fused-ring (bicyclic) bond motifs is 1. The van der Waals surface area contributed by atoms with Gasteiger partial charge in [0.2, 0.25) is 0 Å². The van der Waals surface area contributed by atoms with Crippen LogP contribution in [0.15, 0.2) is 33.9 Å². The second-order valence-corrected chi connectivity index (χ2v) is 7.65. The fourth-order valence-corrected chi connectivity index (χ4v) is 3.35. The van der Waals surface area contributed by atoms with Crippen LogP contribution in [0, 0.1) is 10.2 Å². The number of halogens is 1. The third-order valence-electron chi connectivity index (χ3n) is 5.20. The summed E-state index contributed by atoms with van der Waals surface area (Å²) >= 11 is 0. The molecule has 2 rings (SSSR count). The Bertz CT molecular complexity index is 910. The zero-order chi connectivity index (χ0) is 23.6. The molecule has 176 valence electrons. The summed E-state index contributed by atoms with van der Waals surface area (Å²) in [5.41, 5.74) is 0.346. The van der Waals surface area contributed by atoms with Crippen molar-refractivity contribution in [1.29, 1.82) is 0 Å². The van der Waals surface area contributed by atoms with Gasteiger partial charge in [0.25, 0.3) is 5.56 Å². The van der Waals surface area contributed by atoms with E-state index in [0.29, 0.717) is 25.0 Å². The first kappa shape index (κ1) is 27.2. The molecular formula is C20H33ClN4O6. The Labute approximate surface area is 184 Å². The van der Waals surface area contributed by atoms with Gasteiger partial charge in [-0.1, -0.05) is 39.8 Å². The Morgan fingerprint density at radius 1 is 0.839 bits per heavy atom. The maximum Gasteiger partial charge on any atom is 0.331 e. The maximum absolute atomic E-state index is 13.1. The molecule has 1 aromatic heterocycles. The summed E-state index contributed by atoms with van der Waals surface area (Å²) in [5, 5.41) is 0.617. The van der Waals surface area contributed by atoms with Gasteiger partial charge < -0.3 is 9.80 Å². The summed E-state index contributed by atoms with van der Waals surface area (Å²) in [5.74, 6) is 0. The second kappa shape index (κ2) is 12.9. The fourth-order valence-electron chi connectivity index (χ4n) is 3.35. The summed E-state index contributed by atoms with van der Waals surface area (Å²) in [7, 11) is -4.69. The topological polar surface area (TPSA) is 140 Å². The third kappa shape index (κ3) is 8.69. The molecule has 2 aromatic rings. The molecule has 1 aromatic carbocycles. The summed E-state index contributed by atoms with van der Waals surface area (Å²) in [6, 6.07) is 7.43. The highest BCUT2D eigenvalue weighted by atomic mass is 35.7. The minimum atomic E-state index is -4.69. The Balaban J connectivity index is 0.000000861. The van der Waals surface area contributed by atoms with Crippen LogP contribution in [0.5, 0.6) is 0 Å². The van der Waals surface area contributed by atoms with Crippen LogP contribution >= 0.6 is 0 Å².